The third-order valence-electron chi connectivity index (χ3n) is 2.72. The molecule has 1 unspecified atom stereocenters. The zero-order valence-electron chi connectivity index (χ0n) is 10.9. The summed E-state index contributed by atoms with van der Waals surface area (Å²) in [6, 6.07) is 8.28. The van der Waals surface area contributed by atoms with E-state index in [-0.39, 0.29) is 6.04 Å². The first-order valence-electron chi connectivity index (χ1n) is 6.04. The average Bonchev–Trinajstić information content (AvgIpc) is 2.82. The van der Waals surface area contributed by atoms with Gasteiger partial charge in [0.15, 0.2) is 0 Å². The molecule has 2 aromatic rings. The zero-order valence-corrected chi connectivity index (χ0v) is 11.8. The number of methoxy groups -OCH3 is 1. The normalized spacial score (nSPS) is 12.4. The second-order valence-corrected chi connectivity index (χ2v) is 4.98. The van der Waals surface area contributed by atoms with Crippen LogP contribution in [0, 0.1) is 6.92 Å². The quantitative estimate of drug-likeness (QED) is 0.898. The van der Waals surface area contributed by atoms with Gasteiger partial charge in [0, 0.05) is 11.1 Å². The molecule has 0 fully saturated rings. The largest absolute Gasteiger partial charge is 0.497 e. The second-order valence-electron chi connectivity index (χ2n) is 4.09. The van der Waals surface area contributed by atoms with Crippen molar-refractivity contribution in [1.29, 1.82) is 0 Å². The number of hydrogen-bond donors (Lipinski definition) is 1. The Bertz CT molecular complexity index is 510. The van der Waals surface area contributed by atoms with E-state index in [1.165, 1.54) is 5.56 Å². The highest BCUT2D eigenvalue weighted by atomic mass is 32.1. The third-order valence-corrected chi connectivity index (χ3v) is 3.75. The van der Waals surface area contributed by atoms with Gasteiger partial charge in [-0.05, 0) is 31.2 Å². The molecule has 1 heterocycles. The lowest BCUT2D eigenvalue weighted by molar-refractivity contribution is 0.413. The van der Waals surface area contributed by atoms with Crippen molar-refractivity contribution >= 4 is 11.3 Å². The highest BCUT2D eigenvalue weighted by Crippen LogP contribution is 2.27. The van der Waals surface area contributed by atoms with Crippen LogP contribution >= 0.6 is 11.3 Å². The summed E-state index contributed by atoms with van der Waals surface area (Å²) >= 11 is 1.69. The van der Waals surface area contributed by atoms with Gasteiger partial charge < -0.3 is 10.1 Å². The summed E-state index contributed by atoms with van der Waals surface area (Å²) in [4.78, 5) is 4.58. The number of nitrogens with one attached hydrogen (secondary N) is 1. The molecule has 96 valence electrons. The summed E-state index contributed by atoms with van der Waals surface area (Å²) in [5.41, 5.74) is 2.26. The van der Waals surface area contributed by atoms with Crippen LogP contribution in [0.1, 0.15) is 29.2 Å². The monoisotopic (exact) mass is 262 g/mol. The Balaban J connectivity index is 2.34. The highest BCUT2D eigenvalue weighted by molar-refractivity contribution is 7.09. The Morgan fingerprint density at radius 3 is 2.89 bits per heavy atom. The van der Waals surface area contributed by atoms with Crippen molar-refractivity contribution in [2.75, 3.05) is 13.7 Å². The van der Waals surface area contributed by atoms with E-state index in [1.54, 1.807) is 18.4 Å². The van der Waals surface area contributed by atoms with Crippen LogP contribution < -0.4 is 10.1 Å². The van der Waals surface area contributed by atoms with Crippen molar-refractivity contribution in [2.24, 2.45) is 0 Å². The van der Waals surface area contributed by atoms with Gasteiger partial charge in [-0.15, -0.1) is 11.3 Å². The lowest BCUT2D eigenvalue weighted by Gasteiger charge is -2.16. The fourth-order valence-electron chi connectivity index (χ4n) is 1.88. The molecule has 2 rings (SSSR count). The maximum atomic E-state index is 5.28. The second kappa shape index (κ2) is 5.98. The van der Waals surface area contributed by atoms with E-state index in [0.717, 1.165) is 23.0 Å². The molecule has 4 heteroatoms. The number of aryl methyl sites for hydroxylation is 1. The molecule has 0 bridgehead atoms. The molecule has 0 saturated carbocycles. The fraction of sp³-hybridized carbons (Fsp3) is 0.357. The number of aromatic nitrogens is 1. The summed E-state index contributed by atoms with van der Waals surface area (Å²) in [5, 5.41) is 6.66. The Morgan fingerprint density at radius 2 is 2.28 bits per heavy atom. The third kappa shape index (κ3) is 2.89. The van der Waals surface area contributed by atoms with Gasteiger partial charge in [0.05, 0.1) is 13.2 Å². The molecule has 1 aromatic carbocycles. The molecule has 0 aliphatic carbocycles. The van der Waals surface area contributed by atoms with Gasteiger partial charge in [-0.25, -0.2) is 4.98 Å². The Kier molecular flexibility index (Phi) is 4.33. The zero-order chi connectivity index (χ0) is 13.0. The van der Waals surface area contributed by atoms with Gasteiger partial charge in [-0.1, -0.05) is 19.1 Å². The van der Waals surface area contributed by atoms with E-state index < -0.39 is 0 Å². The van der Waals surface area contributed by atoms with Crippen LogP contribution in [0.5, 0.6) is 5.75 Å². The number of nitrogens with zero attached hydrogens (tertiary/aromatic N) is 1. The summed E-state index contributed by atoms with van der Waals surface area (Å²) < 4.78 is 5.28. The summed E-state index contributed by atoms with van der Waals surface area (Å²) in [6.45, 7) is 5.03. The van der Waals surface area contributed by atoms with Crippen LogP contribution in [0.15, 0.2) is 29.6 Å². The van der Waals surface area contributed by atoms with E-state index in [2.05, 4.69) is 34.7 Å². The number of thiazole rings is 1. The van der Waals surface area contributed by atoms with Gasteiger partial charge in [0.2, 0.25) is 0 Å². The van der Waals surface area contributed by atoms with Crippen LogP contribution in [-0.2, 0) is 0 Å². The van der Waals surface area contributed by atoms with Crippen molar-refractivity contribution in [1.82, 2.24) is 10.3 Å². The predicted octanol–water partition coefficient (Wildman–Crippen LogP) is 3.16. The molecule has 0 aliphatic heterocycles. The standard InChI is InChI=1S/C14H18N2OS/c1-4-15-13(14-16-10(2)9-18-14)11-6-5-7-12(8-11)17-3/h5-9,13,15H,4H2,1-3H3. The van der Waals surface area contributed by atoms with E-state index in [9.17, 15) is 0 Å². The molecular weight excluding hydrogens is 244 g/mol. The molecule has 0 radical (unpaired) electrons. The van der Waals surface area contributed by atoms with Crippen molar-refractivity contribution in [3.63, 3.8) is 0 Å². The molecule has 0 amide bonds. The van der Waals surface area contributed by atoms with Gasteiger partial charge in [-0.2, -0.15) is 0 Å². The van der Waals surface area contributed by atoms with Gasteiger partial charge in [-0.3, -0.25) is 0 Å². The minimum Gasteiger partial charge on any atom is -0.497 e. The first-order chi connectivity index (χ1) is 8.74. The fourth-order valence-corrected chi connectivity index (χ4v) is 2.77. The number of ether oxygens (including phenoxy) is 1. The summed E-state index contributed by atoms with van der Waals surface area (Å²) in [6.07, 6.45) is 0. The minimum atomic E-state index is 0.142. The van der Waals surface area contributed by atoms with Crippen LogP contribution in [0.3, 0.4) is 0 Å². The van der Waals surface area contributed by atoms with E-state index in [4.69, 9.17) is 4.74 Å². The topological polar surface area (TPSA) is 34.1 Å². The first kappa shape index (κ1) is 13.1. The molecular formula is C14H18N2OS. The summed E-state index contributed by atoms with van der Waals surface area (Å²) in [5.74, 6) is 0.878. The van der Waals surface area contributed by atoms with Crippen molar-refractivity contribution in [3.05, 3.63) is 45.9 Å². The summed E-state index contributed by atoms with van der Waals surface area (Å²) in [7, 11) is 1.69. The Hall–Kier alpha value is -1.39. The molecule has 3 nitrogen and oxygen atoms in total. The van der Waals surface area contributed by atoms with Crippen LogP contribution in [0.4, 0.5) is 0 Å². The highest BCUT2D eigenvalue weighted by Gasteiger charge is 2.16. The first-order valence-corrected chi connectivity index (χ1v) is 6.92. The lowest BCUT2D eigenvalue weighted by Crippen LogP contribution is -2.21. The molecule has 1 atom stereocenters. The Labute approximate surface area is 112 Å². The van der Waals surface area contributed by atoms with E-state index in [0.29, 0.717) is 0 Å². The molecule has 0 aliphatic rings. The maximum Gasteiger partial charge on any atom is 0.119 e. The number of hydrogen-bond acceptors (Lipinski definition) is 4. The molecule has 1 aromatic heterocycles. The molecule has 0 saturated heterocycles. The molecule has 18 heavy (non-hydrogen) atoms. The van der Waals surface area contributed by atoms with Crippen molar-refractivity contribution < 1.29 is 4.74 Å². The number of benzene rings is 1. The number of rotatable bonds is 5. The van der Waals surface area contributed by atoms with Gasteiger partial charge in [0.25, 0.3) is 0 Å². The van der Waals surface area contributed by atoms with Gasteiger partial charge >= 0.3 is 0 Å². The molecule has 0 spiro atoms. The minimum absolute atomic E-state index is 0.142. The predicted molar refractivity (Wildman–Crippen MR) is 75.4 cm³/mol. The Morgan fingerprint density at radius 1 is 1.44 bits per heavy atom. The van der Waals surface area contributed by atoms with E-state index >= 15 is 0 Å². The van der Waals surface area contributed by atoms with Crippen LogP contribution in [0.2, 0.25) is 0 Å². The lowest BCUT2D eigenvalue weighted by atomic mass is 10.1. The average molecular weight is 262 g/mol. The van der Waals surface area contributed by atoms with Crippen molar-refractivity contribution in [3.8, 4) is 5.75 Å². The van der Waals surface area contributed by atoms with Crippen LogP contribution in [-0.4, -0.2) is 18.6 Å². The molecule has 1 N–H and O–H groups in total. The van der Waals surface area contributed by atoms with Crippen LogP contribution in [0.25, 0.3) is 0 Å². The smallest absolute Gasteiger partial charge is 0.119 e. The maximum absolute atomic E-state index is 5.28. The van der Waals surface area contributed by atoms with Crippen molar-refractivity contribution in [2.45, 2.75) is 19.9 Å². The van der Waals surface area contributed by atoms with E-state index in [1.807, 2.05) is 19.1 Å². The SMILES string of the molecule is CCNC(c1cccc(OC)c1)c1nc(C)cs1. The van der Waals surface area contributed by atoms with Gasteiger partial charge in [0.1, 0.15) is 10.8 Å².